The van der Waals surface area contributed by atoms with Crippen LogP contribution in [0.25, 0.3) is 0 Å². The number of methoxy groups -OCH3 is 1. The summed E-state index contributed by atoms with van der Waals surface area (Å²) < 4.78 is 5.27. The van der Waals surface area contributed by atoms with Crippen LogP contribution < -0.4 is 19.9 Å². The fraction of sp³-hybridized carbons (Fsp3) is 0.267. The number of rotatable bonds is 6. The number of carbonyl (C=O) groups excluding carboxylic acids is 2. The van der Waals surface area contributed by atoms with Gasteiger partial charge in [0.15, 0.2) is 5.78 Å². The SMILES string of the molecule is COc1ccc(C2CC(=O)C3=C(C2)Nc2ccccc2N(C(C)=O)C3c2ccc(N(C(O)O)C(O)O)cc2O)cc1. The van der Waals surface area contributed by atoms with Gasteiger partial charge in [-0.15, -0.1) is 0 Å². The Morgan fingerprint density at radius 1 is 1.00 bits per heavy atom. The van der Waals surface area contributed by atoms with Crippen molar-refractivity contribution >= 4 is 28.8 Å². The first-order chi connectivity index (χ1) is 19.6. The number of aliphatic hydroxyl groups is 4. The molecule has 0 saturated heterocycles. The number of carbonyl (C=O) groups is 2. The second-order valence-electron chi connectivity index (χ2n) is 9.97. The average Bonchev–Trinajstić information content (AvgIpc) is 3.07. The van der Waals surface area contributed by atoms with Crippen LogP contribution in [0.3, 0.4) is 0 Å². The number of aliphatic hydroxyl groups excluding tert-OH is 2. The van der Waals surface area contributed by atoms with Crippen molar-refractivity contribution in [1.82, 2.24) is 0 Å². The van der Waals surface area contributed by atoms with E-state index in [1.807, 2.05) is 36.4 Å². The molecule has 3 aromatic carbocycles. The van der Waals surface area contributed by atoms with E-state index in [0.717, 1.165) is 11.6 Å². The highest BCUT2D eigenvalue weighted by atomic mass is 16.5. The summed E-state index contributed by atoms with van der Waals surface area (Å²) >= 11 is 0. The Kier molecular flexibility index (Phi) is 7.70. The van der Waals surface area contributed by atoms with Gasteiger partial charge in [0.05, 0.1) is 24.5 Å². The number of hydrogen-bond donors (Lipinski definition) is 6. The van der Waals surface area contributed by atoms with Crippen molar-refractivity contribution in [2.75, 3.05) is 22.2 Å². The number of amides is 1. The summed E-state index contributed by atoms with van der Waals surface area (Å²) in [5.41, 5.74) is 3.12. The Labute approximate surface area is 236 Å². The number of benzene rings is 3. The molecule has 2 atom stereocenters. The number of phenols is 1. The van der Waals surface area contributed by atoms with E-state index < -0.39 is 18.9 Å². The lowest BCUT2D eigenvalue weighted by Gasteiger charge is -2.35. The molecule has 1 aliphatic carbocycles. The zero-order valence-corrected chi connectivity index (χ0v) is 22.4. The molecule has 2 unspecified atom stereocenters. The molecule has 0 bridgehead atoms. The summed E-state index contributed by atoms with van der Waals surface area (Å²) in [7, 11) is 1.58. The zero-order chi connectivity index (χ0) is 29.4. The van der Waals surface area contributed by atoms with E-state index in [9.17, 15) is 35.1 Å². The Morgan fingerprint density at radius 2 is 1.68 bits per heavy atom. The Morgan fingerprint density at radius 3 is 2.29 bits per heavy atom. The van der Waals surface area contributed by atoms with Crippen LogP contribution in [0.5, 0.6) is 11.5 Å². The summed E-state index contributed by atoms with van der Waals surface area (Å²) in [4.78, 5) is 29.1. The van der Waals surface area contributed by atoms with E-state index in [2.05, 4.69) is 5.32 Å². The molecule has 5 rings (SSSR count). The standard InChI is InChI=1S/C30H31N3O8/c1-16(34)32-24-6-4-3-5-22(24)31-23-13-18(17-7-10-20(41-2)11-8-17)14-26(36)27(23)28(32)21-12-9-19(15-25(21)35)33(29(37)38)30(39)40/h3-12,15,18,28-31,35,37-40H,13-14H2,1-2H3. The lowest BCUT2D eigenvalue weighted by molar-refractivity contribution is -0.123. The third kappa shape index (κ3) is 5.23. The number of ether oxygens (including phenoxy) is 1. The quantitative estimate of drug-likeness (QED) is 0.247. The first-order valence-electron chi connectivity index (χ1n) is 13.0. The van der Waals surface area contributed by atoms with Gasteiger partial charge < -0.3 is 35.6 Å². The molecule has 0 fully saturated rings. The Bertz CT molecular complexity index is 1490. The molecule has 11 nitrogen and oxygen atoms in total. The maximum Gasteiger partial charge on any atom is 0.239 e. The van der Waals surface area contributed by atoms with Crippen molar-refractivity contribution in [2.24, 2.45) is 0 Å². The number of fused-ring (bicyclic) bond motifs is 1. The van der Waals surface area contributed by atoms with E-state index in [4.69, 9.17) is 4.74 Å². The van der Waals surface area contributed by atoms with Crippen molar-refractivity contribution in [3.63, 3.8) is 0 Å². The van der Waals surface area contributed by atoms with Gasteiger partial charge in [0.1, 0.15) is 11.5 Å². The monoisotopic (exact) mass is 561 g/mol. The van der Waals surface area contributed by atoms with Gasteiger partial charge in [-0.1, -0.05) is 30.3 Å². The lowest BCUT2D eigenvalue weighted by Crippen LogP contribution is -2.43. The van der Waals surface area contributed by atoms with Crippen LogP contribution in [0.2, 0.25) is 0 Å². The fourth-order valence-corrected chi connectivity index (χ4v) is 5.65. The molecule has 6 N–H and O–H groups in total. The minimum absolute atomic E-state index is 0.110. The van der Waals surface area contributed by atoms with Crippen molar-refractivity contribution in [1.29, 1.82) is 0 Å². The van der Waals surface area contributed by atoms with Gasteiger partial charge in [0, 0.05) is 41.9 Å². The largest absolute Gasteiger partial charge is 0.507 e. The first-order valence-corrected chi connectivity index (χ1v) is 13.0. The number of phenolic OH excluding ortho intramolecular Hbond substituents is 1. The normalized spacial score (nSPS) is 18.5. The highest BCUT2D eigenvalue weighted by Crippen LogP contribution is 2.49. The average molecular weight is 562 g/mol. The predicted molar refractivity (Wildman–Crippen MR) is 150 cm³/mol. The van der Waals surface area contributed by atoms with E-state index in [-0.39, 0.29) is 41.0 Å². The highest BCUT2D eigenvalue weighted by molar-refractivity contribution is 6.06. The van der Waals surface area contributed by atoms with Crippen molar-refractivity contribution in [3.05, 3.63) is 89.1 Å². The van der Waals surface area contributed by atoms with Gasteiger partial charge in [-0.25, -0.2) is 0 Å². The molecule has 2 aliphatic rings. The Balaban J connectivity index is 1.66. The van der Waals surface area contributed by atoms with Crippen LogP contribution in [-0.2, 0) is 9.59 Å². The second-order valence-corrected chi connectivity index (χ2v) is 9.97. The Hall–Kier alpha value is -4.42. The van der Waals surface area contributed by atoms with Gasteiger partial charge in [-0.3, -0.25) is 19.4 Å². The lowest BCUT2D eigenvalue weighted by atomic mass is 9.78. The number of ketones is 1. The summed E-state index contributed by atoms with van der Waals surface area (Å²) in [6.45, 7) is 1.38. The van der Waals surface area contributed by atoms with E-state index >= 15 is 0 Å². The van der Waals surface area contributed by atoms with Crippen LogP contribution in [0, 0.1) is 0 Å². The van der Waals surface area contributed by atoms with Crippen LogP contribution in [0.15, 0.2) is 78.0 Å². The minimum atomic E-state index is -2.27. The van der Waals surface area contributed by atoms with Gasteiger partial charge in [0.25, 0.3) is 0 Å². The number of anilines is 3. The molecular formula is C30H31N3O8. The van der Waals surface area contributed by atoms with Gasteiger partial charge in [-0.2, -0.15) is 0 Å². The number of nitrogens with zero attached hydrogens (tertiary/aromatic N) is 2. The topological polar surface area (TPSA) is 163 Å². The number of allylic oxidation sites excluding steroid dienone is 1. The van der Waals surface area contributed by atoms with Crippen molar-refractivity contribution in [3.8, 4) is 11.5 Å². The van der Waals surface area contributed by atoms with Crippen LogP contribution >= 0.6 is 0 Å². The molecule has 0 aromatic heterocycles. The number of Topliss-reactive ketones (excluding diaryl/α,β-unsaturated/α-hetero) is 1. The van der Waals surface area contributed by atoms with E-state index in [0.29, 0.717) is 39.7 Å². The number of aromatic hydroxyl groups is 1. The maximum absolute atomic E-state index is 14.0. The fourth-order valence-electron chi connectivity index (χ4n) is 5.65. The first kappa shape index (κ1) is 28.1. The van der Waals surface area contributed by atoms with Gasteiger partial charge in [-0.05, 0) is 48.2 Å². The molecule has 214 valence electrons. The summed E-state index contributed by atoms with van der Waals surface area (Å²) in [5.74, 6) is -0.399. The molecule has 1 heterocycles. The third-order valence-corrected chi connectivity index (χ3v) is 7.52. The molecule has 0 radical (unpaired) electrons. The smallest absolute Gasteiger partial charge is 0.239 e. The predicted octanol–water partition coefficient (Wildman–Crippen LogP) is 2.66. The van der Waals surface area contributed by atoms with Gasteiger partial charge >= 0.3 is 0 Å². The molecule has 0 spiro atoms. The number of hydrogen-bond acceptors (Lipinski definition) is 10. The number of nitrogens with one attached hydrogen (secondary N) is 1. The summed E-state index contributed by atoms with van der Waals surface area (Å²) in [6.07, 6.45) is -3.91. The summed E-state index contributed by atoms with van der Waals surface area (Å²) in [5, 5.41) is 53.0. The minimum Gasteiger partial charge on any atom is -0.507 e. The second kappa shape index (κ2) is 11.2. The van der Waals surface area contributed by atoms with Crippen molar-refractivity contribution in [2.45, 2.75) is 44.6 Å². The molecule has 1 amide bonds. The highest BCUT2D eigenvalue weighted by Gasteiger charge is 2.42. The van der Waals surface area contributed by atoms with Gasteiger partial charge in [0.2, 0.25) is 18.7 Å². The molecule has 3 aromatic rings. The van der Waals surface area contributed by atoms with Crippen LogP contribution in [0.1, 0.15) is 42.9 Å². The molecule has 0 saturated carbocycles. The number of para-hydroxylation sites is 2. The molecule has 1 aliphatic heterocycles. The summed E-state index contributed by atoms with van der Waals surface area (Å²) in [6, 6.07) is 17.5. The molecular weight excluding hydrogens is 530 g/mol. The van der Waals surface area contributed by atoms with Crippen molar-refractivity contribution < 1.29 is 39.9 Å². The zero-order valence-electron chi connectivity index (χ0n) is 22.4. The van der Waals surface area contributed by atoms with E-state index in [1.165, 1.54) is 24.0 Å². The van der Waals surface area contributed by atoms with Crippen LogP contribution in [0.4, 0.5) is 17.1 Å². The molecule has 41 heavy (non-hydrogen) atoms. The van der Waals surface area contributed by atoms with Crippen LogP contribution in [-0.4, -0.2) is 57.2 Å². The third-order valence-electron chi connectivity index (χ3n) is 7.52. The maximum atomic E-state index is 14.0. The van der Waals surface area contributed by atoms with E-state index in [1.54, 1.807) is 19.2 Å². The molecule has 11 heteroatoms.